The van der Waals surface area contributed by atoms with Gasteiger partial charge in [-0.1, -0.05) is 38.4 Å². The van der Waals surface area contributed by atoms with Crippen LogP contribution in [0.3, 0.4) is 0 Å². The molecule has 0 saturated heterocycles. The highest BCUT2D eigenvalue weighted by atomic mass is 35.5. The predicted octanol–water partition coefficient (Wildman–Crippen LogP) is 5.95. The summed E-state index contributed by atoms with van der Waals surface area (Å²) in [7, 11) is 0. The van der Waals surface area contributed by atoms with Crippen LogP contribution in [0, 0.1) is 17.6 Å². The van der Waals surface area contributed by atoms with Gasteiger partial charge in [-0.05, 0) is 58.9 Å². The van der Waals surface area contributed by atoms with Gasteiger partial charge in [-0.3, -0.25) is 0 Å². The third-order valence-electron chi connectivity index (χ3n) is 4.84. The fraction of sp³-hybridized carbons (Fsp3) is 0.333. The zero-order valence-corrected chi connectivity index (χ0v) is 13.1. The molecule has 3 heteroatoms. The Morgan fingerprint density at radius 1 is 1.00 bits per heavy atom. The van der Waals surface area contributed by atoms with Gasteiger partial charge in [0.1, 0.15) is 0 Å². The summed E-state index contributed by atoms with van der Waals surface area (Å²) in [5.74, 6) is -1.32. The van der Waals surface area contributed by atoms with Crippen molar-refractivity contribution in [3.05, 3.63) is 58.1 Å². The Hall–Kier alpha value is -1.41. The second kappa shape index (κ2) is 4.81. The Bertz CT molecular complexity index is 721. The second-order valence-corrected chi connectivity index (χ2v) is 6.42. The first-order valence-electron chi connectivity index (χ1n) is 7.21. The van der Waals surface area contributed by atoms with E-state index in [1.165, 1.54) is 12.1 Å². The van der Waals surface area contributed by atoms with E-state index in [-0.39, 0.29) is 11.3 Å². The van der Waals surface area contributed by atoms with Crippen molar-refractivity contribution >= 4 is 11.6 Å². The molecule has 0 aliphatic heterocycles. The Morgan fingerprint density at radius 3 is 2.24 bits per heavy atom. The van der Waals surface area contributed by atoms with Gasteiger partial charge in [-0.25, -0.2) is 8.78 Å². The maximum atomic E-state index is 13.8. The van der Waals surface area contributed by atoms with Crippen LogP contribution in [0.1, 0.15) is 38.3 Å². The SMILES string of the molecule is CCC1(C(C)C)c2ccc(Cl)cc2-c2cc(F)c(F)cc21. The highest BCUT2D eigenvalue weighted by Gasteiger charge is 2.44. The first kappa shape index (κ1) is 14.5. The van der Waals surface area contributed by atoms with E-state index in [2.05, 4.69) is 20.8 Å². The molecular weight excluding hydrogens is 290 g/mol. The molecule has 1 atom stereocenters. The van der Waals surface area contributed by atoms with Gasteiger partial charge in [0.2, 0.25) is 0 Å². The van der Waals surface area contributed by atoms with E-state index < -0.39 is 11.6 Å². The summed E-state index contributed by atoms with van der Waals surface area (Å²) in [4.78, 5) is 0. The fourth-order valence-corrected chi connectivity index (χ4v) is 4.00. The van der Waals surface area contributed by atoms with Crippen LogP contribution in [-0.2, 0) is 5.41 Å². The third kappa shape index (κ3) is 1.85. The Morgan fingerprint density at radius 2 is 1.62 bits per heavy atom. The van der Waals surface area contributed by atoms with Gasteiger partial charge in [0.15, 0.2) is 11.6 Å². The molecule has 0 nitrogen and oxygen atoms in total. The van der Waals surface area contributed by atoms with Crippen molar-refractivity contribution in [3.63, 3.8) is 0 Å². The van der Waals surface area contributed by atoms with Gasteiger partial charge >= 0.3 is 0 Å². The molecule has 1 aliphatic carbocycles. The molecule has 0 heterocycles. The molecule has 0 saturated carbocycles. The largest absolute Gasteiger partial charge is 0.204 e. The minimum Gasteiger partial charge on any atom is -0.204 e. The van der Waals surface area contributed by atoms with Crippen LogP contribution < -0.4 is 0 Å². The molecule has 2 aromatic rings. The quantitative estimate of drug-likeness (QED) is 0.643. The summed E-state index contributed by atoms with van der Waals surface area (Å²) in [5.41, 5.74) is 3.39. The molecule has 0 aromatic heterocycles. The molecule has 0 radical (unpaired) electrons. The first-order valence-corrected chi connectivity index (χ1v) is 7.59. The van der Waals surface area contributed by atoms with Crippen LogP contribution in [0.4, 0.5) is 8.78 Å². The van der Waals surface area contributed by atoms with Gasteiger partial charge in [0.25, 0.3) is 0 Å². The Labute approximate surface area is 128 Å². The molecule has 21 heavy (non-hydrogen) atoms. The Kier molecular flexibility index (Phi) is 3.32. The number of halogens is 3. The minimum atomic E-state index is -0.810. The number of hydrogen-bond donors (Lipinski definition) is 0. The maximum Gasteiger partial charge on any atom is 0.159 e. The number of fused-ring (bicyclic) bond motifs is 3. The maximum absolute atomic E-state index is 13.8. The van der Waals surface area contributed by atoms with Crippen LogP contribution in [0.5, 0.6) is 0 Å². The Balaban J connectivity index is 2.43. The molecule has 2 aromatic carbocycles. The van der Waals surface area contributed by atoms with Crippen molar-refractivity contribution in [1.82, 2.24) is 0 Å². The lowest BCUT2D eigenvalue weighted by Gasteiger charge is -2.35. The van der Waals surface area contributed by atoms with Crippen molar-refractivity contribution in [1.29, 1.82) is 0 Å². The van der Waals surface area contributed by atoms with Crippen LogP contribution >= 0.6 is 11.6 Å². The summed E-state index contributed by atoms with van der Waals surface area (Å²) in [6, 6.07) is 8.37. The van der Waals surface area contributed by atoms with E-state index in [1.807, 2.05) is 18.2 Å². The average molecular weight is 307 g/mol. The second-order valence-electron chi connectivity index (χ2n) is 5.98. The van der Waals surface area contributed by atoms with E-state index in [0.29, 0.717) is 5.02 Å². The van der Waals surface area contributed by atoms with Crippen molar-refractivity contribution in [3.8, 4) is 11.1 Å². The average Bonchev–Trinajstić information content (AvgIpc) is 2.69. The smallest absolute Gasteiger partial charge is 0.159 e. The lowest BCUT2D eigenvalue weighted by molar-refractivity contribution is 0.364. The van der Waals surface area contributed by atoms with Gasteiger partial charge < -0.3 is 0 Å². The fourth-order valence-electron chi connectivity index (χ4n) is 3.82. The van der Waals surface area contributed by atoms with E-state index in [9.17, 15) is 8.78 Å². The molecule has 0 fully saturated rings. The lowest BCUT2D eigenvalue weighted by atomic mass is 9.68. The predicted molar refractivity (Wildman–Crippen MR) is 82.7 cm³/mol. The van der Waals surface area contributed by atoms with E-state index in [0.717, 1.165) is 28.7 Å². The summed E-state index contributed by atoms with van der Waals surface area (Å²) < 4.78 is 27.5. The summed E-state index contributed by atoms with van der Waals surface area (Å²) in [5, 5.41) is 0.611. The monoisotopic (exact) mass is 306 g/mol. The minimum absolute atomic E-state index is 0.272. The molecular formula is C18H17ClF2. The van der Waals surface area contributed by atoms with Gasteiger partial charge in [0.05, 0.1) is 0 Å². The summed E-state index contributed by atoms with van der Waals surface area (Å²) in [6.07, 6.45) is 0.831. The molecule has 0 amide bonds. The lowest BCUT2D eigenvalue weighted by Crippen LogP contribution is -2.30. The van der Waals surface area contributed by atoms with Crippen molar-refractivity contribution in [2.45, 2.75) is 32.6 Å². The van der Waals surface area contributed by atoms with Gasteiger partial charge in [-0.15, -0.1) is 0 Å². The van der Waals surface area contributed by atoms with E-state index >= 15 is 0 Å². The molecule has 0 spiro atoms. The zero-order chi connectivity index (χ0) is 15.4. The molecule has 1 unspecified atom stereocenters. The number of hydrogen-bond acceptors (Lipinski definition) is 0. The van der Waals surface area contributed by atoms with E-state index in [4.69, 9.17) is 11.6 Å². The van der Waals surface area contributed by atoms with Crippen LogP contribution in [0.2, 0.25) is 5.02 Å². The molecule has 3 rings (SSSR count). The topological polar surface area (TPSA) is 0 Å². The third-order valence-corrected chi connectivity index (χ3v) is 5.07. The van der Waals surface area contributed by atoms with Gasteiger partial charge in [-0.2, -0.15) is 0 Å². The molecule has 0 N–H and O–H groups in total. The molecule has 0 bridgehead atoms. The van der Waals surface area contributed by atoms with Gasteiger partial charge in [0, 0.05) is 10.4 Å². The highest BCUT2D eigenvalue weighted by Crippen LogP contribution is 2.55. The number of benzene rings is 2. The molecule has 110 valence electrons. The highest BCUT2D eigenvalue weighted by molar-refractivity contribution is 6.31. The van der Waals surface area contributed by atoms with Crippen LogP contribution in [0.15, 0.2) is 30.3 Å². The van der Waals surface area contributed by atoms with E-state index in [1.54, 1.807) is 0 Å². The molecule has 1 aliphatic rings. The van der Waals surface area contributed by atoms with Crippen LogP contribution in [0.25, 0.3) is 11.1 Å². The van der Waals surface area contributed by atoms with Crippen molar-refractivity contribution < 1.29 is 8.78 Å². The first-order chi connectivity index (χ1) is 9.91. The van der Waals surface area contributed by atoms with Crippen LogP contribution in [-0.4, -0.2) is 0 Å². The normalized spacial score (nSPS) is 19.8. The summed E-state index contributed by atoms with van der Waals surface area (Å²) in [6.45, 7) is 6.34. The zero-order valence-electron chi connectivity index (χ0n) is 12.3. The standard InChI is InChI=1S/C18H17ClF2/c1-4-18(10(2)3)14-6-5-11(19)7-12(14)13-8-16(20)17(21)9-15(13)18/h5-10H,4H2,1-3H3. The summed E-state index contributed by atoms with van der Waals surface area (Å²) >= 11 is 6.11. The number of rotatable bonds is 2. The van der Waals surface area contributed by atoms with Crippen molar-refractivity contribution in [2.24, 2.45) is 5.92 Å². The van der Waals surface area contributed by atoms with Crippen molar-refractivity contribution in [2.75, 3.05) is 0 Å².